The van der Waals surface area contributed by atoms with Gasteiger partial charge in [-0.2, -0.15) is 0 Å². The highest BCUT2D eigenvalue weighted by atomic mass is 16.5. The Hall–Kier alpha value is -4.34. The highest BCUT2D eigenvalue weighted by Gasteiger charge is 2.30. The van der Waals surface area contributed by atoms with Gasteiger partial charge in [0.1, 0.15) is 18.7 Å². The van der Waals surface area contributed by atoms with Gasteiger partial charge in [0, 0.05) is 5.92 Å². The standard InChI is InChI=1S/C27H33N5O5/c1-3-9-23(25(34)36-2)31-24(33)22(14-8-15-30-26(28)29)32-27(35)37-16-21-19-12-6-4-10-17(19)18-11-5-7-13-20(18)21/h3-7,10-13,21-23H,1,8-9,14-16H2,2H3,(H,31,33)(H,32,35)(H4,28,29,30)/p+1/t22-,23+/m1/s1. The van der Waals surface area contributed by atoms with Crippen LogP contribution in [-0.4, -0.2) is 56.3 Å². The number of esters is 1. The molecule has 10 nitrogen and oxygen atoms in total. The minimum atomic E-state index is -0.964. The van der Waals surface area contributed by atoms with Crippen molar-refractivity contribution >= 4 is 23.9 Å². The molecular formula is C27H34N5O5+. The van der Waals surface area contributed by atoms with Gasteiger partial charge in [-0.15, -0.1) is 6.58 Å². The molecule has 1 aliphatic carbocycles. The van der Waals surface area contributed by atoms with Gasteiger partial charge in [0.05, 0.1) is 13.7 Å². The summed E-state index contributed by atoms with van der Waals surface area (Å²) >= 11 is 0. The molecule has 0 saturated heterocycles. The predicted molar refractivity (Wildman–Crippen MR) is 139 cm³/mol. The Morgan fingerprint density at radius 2 is 1.65 bits per heavy atom. The summed E-state index contributed by atoms with van der Waals surface area (Å²) in [5, 5.41) is 5.25. The third-order valence-corrected chi connectivity index (χ3v) is 6.16. The summed E-state index contributed by atoms with van der Waals surface area (Å²) < 4.78 is 10.3. The number of carbonyl (C=O) groups excluding carboxylic acids is 3. The van der Waals surface area contributed by atoms with Crippen molar-refractivity contribution in [1.82, 2.24) is 10.6 Å². The molecule has 10 heteroatoms. The van der Waals surface area contributed by atoms with E-state index in [2.05, 4.69) is 34.3 Å². The fraction of sp³-hybridized carbons (Fsp3) is 0.333. The zero-order valence-electron chi connectivity index (χ0n) is 20.9. The summed E-state index contributed by atoms with van der Waals surface area (Å²) in [6, 6.07) is 14.1. The van der Waals surface area contributed by atoms with Gasteiger partial charge in [-0.25, -0.2) is 9.59 Å². The van der Waals surface area contributed by atoms with Crippen LogP contribution in [0.4, 0.5) is 4.79 Å². The fourth-order valence-corrected chi connectivity index (χ4v) is 4.39. The van der Waals surface area contributed by atoms with E-state index in [1.807, 2.05) is 36.4 Å². The van der Waals surface area contributed by atoms with E-state index in [1.54, 1.807) is 0 Å². The topological polar surface area (TPSA) is 160 Å². The van der Waals surface area contributed by atoms with Gasteiger partial charge in [0.15, 0.2) is 0 Å². The Morgan fingerprint density at radius 1 is 1.03 bits per heavy atom. The average Bonchev–Trinajstić information content (AvgIpc) is 3.22. The molecule has 2 amide bonds. The second kappa shape index (κ2) is 13.1. The zero-order valence-corrected chi connectivity index (χ0v) is 20.9. The summed E-state index contributed by atoms with van der Waals surface area (Å²) in [4.78, 5) is 40.6. The zero-order chi connectivity index (χ0) is 26.8. The van der Waals surface area contributed by atoms with E-state index >= 15 is 0 Å². The van der Waals surface area contributed by atoms with E-state index in [9.17, 15) is 14.4 Å². The molecule has 0 aromatic heterocycles. The quantitative estimate of drug-likeness (QED) is 0.0904. The molecule has 0 fully saturated rings. The smallest absolute Gasteiger partial charge is 0.407 e. The Kier molecular flexibility index (Phi) is 9.65. The van der Waals surface area contributed by atoms with Crippen molar-refractivity contribution in [3.05, 3.63) is 72.3 Å². The number of hydrogen-bond acceptors (Lipinski definition) is 5. The molecule has 2 aromatic rings. The minimum Gasteiger partial charge on any atom is -0.467 e. The summed E-state index contributed by atoms with van der Waals surface area (Å²) in [5.74, 6) is -1.22. The van der Waals surface area contributed by atoms with Crippen LogP contribution in [0.5, 0.6) is 0 Å². The maximum absolute atomic E-state index is 13.0. The van der Waals surface area contributed by atoms with Crippen molar-refractivity contribution in [1.29, 1.82) is 0 Å². The highest BCUT2D eigenvalue weighted by molar-refractivity contribution is 5.89. The largest absolute Gasteiger partial charge is 0.467 e. The molecule has 3 rings (SSSR count). The Morgan fingerprint density at radius 3 is 2.22 bits per heavy atom. The Balaban J connectivity index is 1.67. The number of guanidine groups is 1. The molecule has 2 aromatic carbocycles. The van der Waals surface area contributed by atoms with Crippen molar-refractivity contribution in [2.24, 2.45) is 11.5 Å². The first-order valence-electron chi connectivity index (χ1n) is 12.1. The van der Waals surface area contributed by atoms with Crippen LogP contribution in [0.15, 0.2) is 61.2 Å². The van der Waals surface area contributed by atoms with Gasteiger partial charge >= 0.3 is 18.0 Å². The number of hydrogen-bond donors (Lipinski definition) is 5. The number of fused-ring (bicyclic) bond motifs is 3. The maximum atomic E-state index is 13.0. The number of alkyl carbamates (subject to hydrolysis) is 1. The van der Waals surface area contributed by atoms with Crippen LogP contribution in [0.1, 0.15) is 36.3 Å². The number of amides is 2. The van der Waals surface area contributed by atoms with Crippen molar-refractivity contribution in [3.8, 4) is 11.1 Å². The molecule has 0 bridgehead atoms. The molecule has 2 atom stereocenters. The van der Waals surface area contributed by atoms with Crippen LogP contribution < -0.4 is 27.1 Å². The summed E-state index contributed by atoms with van der Waals surface area (Å²) in [6.07, 6.45) is 1.65. The molecule has 1 aliphatic rings. The molecule has 0 saturated carbocycles. The molecule has 0 spiro atoms. The number of methoxy groups -OCH3 is 1. The third kappa shape index (κ3) is 7.09. The van der Waals surface area contributed by atoms with E-state index in [1.165, 1.54) is 13.2 Å². The summed E-state index contributed by atoms with van der Waals surface area (Å²) in [7, 11) is 1.23. The monoisotopic (exact) mass is 508 g/mol. The number of carbonyl (C=O) groups is 3. The second-order valence-electron chi connectivity index (χ2n) is 8.66. The van der Waals surface area contributed by atoms with Crippen LogP contribution >= 0.6 is 0 Å². The van der Waals surface area contributed by atoms with Gasteiger partial charge in [-0.3, -0.25) is 21.3 Å². The van der Waals surface area contributed by atoms with Crippen LogP contribution in [-0.2, 0) is 19.1 Å². The fourth-order valence-electron chi connectivity index (χ4n) is 4.39. The molecular weight excluding hydrogens is 474 g/mol. The molecule has 0 radical (unpaired) electrons. The van der Waals surface area contributed by atoms with Crippen LogP contribution in [0.3, 0.4) is 0 Å². The lowest BCUT2D eigenvalue weighted by molar-refractivity contribution is -0.459. The predicted octanol–water partition coefficient (Wildman–Crippen LogP) is 0.262. The van der Waals surface area contributed by atoms with Crippen molar-refractivity contribution < 1.29 is 28.8 Å². The van der Waals surface area contributed by atoms with Gasteiger partial charge in [-0.05, 0) is 41.5 Å². The number of nitrogens with one attached hydrogen (secondary N) is 3. The Labute approximate surface area is 216 Å². The Bertz CT molecular complexity index is 1120. The van der Waals surface area contributed by atoms with E-state index in [-0.39, 0.29) is 31.3 Å². The van der Waals surface area contributed by atoms with Crippen LogP contribution in [0.25, 0.3) is 11.1 Å². The molecule has 0 heterocycles. The lowest BCUT2D eigenvalue weighted by Gasteiger charge is -2.22. The third-order valence-electron chi connectivity index (χ3n) is 6.16. The SMILES string of the molecule is C=CC[C@H](NC(=O)[C@@H](CCC[NH+]=C(N)N)NC(=O)OCC1c2ccccc2-c2ccccc21)C(=O)OC. The van der Waals surface area contributed by atoms with Gasteiger partial charge in [0.25, 0.3) is 0 Å². The van der Waals surface area contributed by atoms with Gasteiger partial charge in [-0.1, -0.05) is 54.6 Å². The number of ether oxygens (including phenoxy) is 2. The molecule has 0 aliphatic heterocycles. The lowest BCUT2D eigenvalue weighted by Crippen LogP contribution is -2.78. The minimum absolute atomic E-state index is 0.0576. The maximum Gasteiger partial charge on any atom is 0.407 e. The number of rotatable bonds is 12. The van der Waals surface area contributed by atoms with Crippen LogP contribution in [0, 0.1) is 0 Å². The van der Waals surface area contributed by atoms with Gasteiger partial charge in [0.2, 0.25) is 5.91 Å². The summed E-state index contributed by atoms with van der Waals surface area (Å²) in [5.41, 5.74) is 15.2. The van der Waals surface area contributed by atoms with E-state index in [0.29, 0.717) is 13.0 Å². The first-order chi connectivity index (χ1) is 17.8. The first kappa shape index (κ1) is 27.3. The van der Waals surface area contributed by atoms with Crippen molar-refractivity contribution in [2.75, 3.05) is 20.3 Å². The molecule has 0 unspecified atom stereocenters. The highest BCUT2D eigenvalue weighted by Crippen LogP contribution is 2.44. The lowest BCUT2D eigenvalue weighted by atomic mass is 9.98. The first-order valence-corrected chi connectivity index (χ1v) is 12.1. The van der Waals surface area contributed by atoms with E-state index in [0.717, 1.165) is 22.3 Å². The van der Waals surface area contributed by atoms with E-state index in [4.69, 9.17) is 20.9 Å². The van der Waals surface area contributed by atoms with Crippen LogP contribution in [0.2, 0.25) is 0 Å². The second-order valence-corrected chi connectivity index (χ2v) is 8.66. The number of benzene rings is 2. The number of nitrogens with two attached hydrogens (primary N) is 2. The van der Waals surface area contributed by atoms with Crippen molar-refractivity contribution in [3.63, 3.8) is 0 Å². The molecule has 196 valence electrons. The van der Waals surface area contributed by atoms with E-state index < -0.39 is 30.1 Å². The summed E-state index contributed by atoms with van der Waals surface area (Å²) in [6.45, 7) is 4.11. The van der Waals surface area contributed by atoms with Gasteiger partial charge < -0.3 is 20.1 Å². The average molecular weight is 509 g/mol. The molecule has 37 heavy (non-hydrogen) atoms. The normalized spacial score (nSPS) is 13.3. The van der Waals surface area contributed by atoms with Crippen molar-refractivity contribution in [2.45, 2.75) is 37.3 Å². The molecule has 7 N–H and O–H groups in total.